The van der Waals surface area contributed by atoms with E-state index in [0.29, 0.717) is 17.9 Å². The van der Waals surface area contributed by atoms with E-state index < -0.39 is 0 Å². The van der Waals surface area contributed by atoms with Gasteiger partial charge in [0.1, 0.15) is 11.6 Å². The van der Waals surface area contributed by atoms with Gasteiger partial charge in [0.15, 0.2) is 0 Å². The zero-order valence-electron chi connectivity index (χ0n) is 10.8. The van der Waals surface area contributed by atoms with Crippen LogP contribution in [0.25, 0.3) is 10.9 Å². The number of nitrogens with one attached hydrogen (secondary N) is 1. The minimum atomic E-state index is -0.268. The fourth-order valence-electron chi connectivity index (χ4n) is 2.04. The van der Waals surface area contributed by atoms with Crippen molar-refractivity contribution in [3.63, 3.8) is 0 Å². The zero-order chi connectivity index (χ0) is 14.8. The lowest BCUT2D eigenvalue weighted by molar-refractivity contribution is 0.612. The fourth-order valence-corrected chi connectivity index (χ4v) is 2.62. The van der Waals surface area contributed by atoms with Gasteiger partial charge in [0.2, 0.25) is 5.28 Å². The first kappa shape index (κ1) is 14.2. The minimum Gasteiger partial charge on any atom is -0.365 e. The number of fused-ring (bicyclic) bond motifs is 1. The Morgan fingerprint density at radius 2 is 1.95 bits per heavy atom. The van der Waals surface area contributed by atoms with Crippen molar-refractivity contribution in [1.29, 1.82) is 0 Å². The van der Waals surface area contributed by atoms with Crippen molar-refractivity contribution in [2.75, 3.05) is 5.32 Å². The molecule has 2 aromatic carbocycles. The van der Waals surface area contributed by atoms with Gasteiger partial charge in [-0.1, -0.05) is 28.1 Å². The molecule has 0 radical (unpaired) electrons. The van der Waals surface area contributed by atoms with Gasteiger partial charge in [-0.15, -0.1) is 0 Å². The summed E-state index contributed by atoms with van der Waals surface area (Å²) in [6, 6.07) is 12.3. The first-order valence-electron chi connectivity index (χ1n) is 6.23. The molecule has 3 nitrogen and oxygen atoms in total. The molecule has 0 bridgehead atoms. The number of hydrogen-bond acceptors (Lipinski definition) is 3. The van der Waals surface area contributed by atoms with E-state index in [-0.39, 0.29) is 11.1 Å². The van der Waals surface area contributed by atoms with Crippen molar-refractivity contribution in [1.82, 2.24) is 9.97 Å². The number of benzene rings is 2. The molecular formula is C15H10BrClFN3. The van der Waals surface area contributed by atoms with Crippen LogP contribution in [0.2, 0.25) is 5.28 Å². The second kappa shape index (κ2) is 5.95. The van der Waals surface area contributed by atoms with Crippen LogP contribution in [0.4, 0.5) is 10.2 Å². The Kier molecular flexibility index (Phi) is 4.03. The lowest BCUT2D eigenvalue weighted by Gasteiger charge is -2.10. The predicted molar refractivity (Wildman–Crippen MR) is 86.0 cm³/mol. The van der Waals surface area contributed by atoms with Crippen LogP contribution >= 0.6 is 27.5 Å². The third-order valence-electron chi connectivity index (χ3n) is 3.03. The number of aromatic nitrogens is 2. The molecule has 1 N–H and O–H groups in total. The van der Waals surface area contributed by atoms with Crippen LogP contribution in [0.5, 0.6) is 0 Å². The van der Waals surface area contributed by atoms with Crippen LogP contribution in [0.3, 0.4) is 0 Å². The quantitative estimate of drug-likeness (QED) is 0.677. The molecule has 6 heteroatoms. The molecule has 0 spiro atoms. The Morgan fingerprint density at radius 3 is 2.81 bits per heavy atom. The smallest absolute Gasteiger partial charge is 0.224 e. The maximum absolute atomic E-state index is 13.7. The van der Waals surface area contributed by atoms with Crippen molar-refractivity contribution in [2.24, 2.45) is 0 Å². The van der Waals surface area contributed by atoms with E-state index in [2.05, 4.69) is 31.2 Å². The van der Waals surface area contributed by atoms with Gasteiger partial charge in [0, 0.05) is 22.0 Å². The largest absolute Gasteiger partial charge is 0.365 e. The fraction of sp³-hybridized carbons (Fsp3) is 0.0667. The summed E-state index contributed by atoms with van der Waals surface area (Å²) in [7, 11) is 0. The monoisotopic (exact) mass is 365 g/mol. The van der Waals surface area contributed by atoms with Crippen molar-refractivity contribution in [2.45, 2.75) is 6.54 Å². The summed E-state index contributed by atoms with van der Waals surface area (Å²) in [6.07, 6.45) is 0. The Labute approximate surface area is 134 Å². The Morgan fingerprint density at radius 1 is 1.14 bits per heavy atom. The van der Waals surface area contributed by atoms with Gasteiger partial charge in [-0.25, -0.2) is 14.4 Å². The Hall–Kier alpha value is -1.72. The van der Waals surface area contributed by atoms with Crippen molar-refractivity contribution in [3.05, 3.63) is 63.6 Å². The maximum Gasteiger partial charge on any atom is 0.224 e. The second-order valence-electron chi connectivity index (χ2n) is 4.45. The maximum atomic E-state index is 13.7. The molecule has 3 aromatic rings. The van der Waals surface area contributed by atoms with E-state index in [0.717, 1.165) is 15.4 Å². The van der Waals surface area contributed by atoms with E-state index >= 15 is 0 Å². The van der Waals surface area contributed by atoms with Crippen LogP contribution in [-0.4, -0.2) is 9.97 Å². The van der Waals surface area contributed by atoms with Crippen LogP contribution in [0, 0.1) is 5.82 Å². The molecule has 0 saturated heterocycles. The van der Waals surface area contributed by atoms with E-state index in [9.17, 15) is 4.39 Å². The highest BCUT2D eigenvalue weighted by Gasteiger charge is 2.08. The normalized spacial score (nSPS) is 10.8. The summed E-state index contributed by atoms with van der Waals surface area (Å²) >= 11 is 9.25. The molecule has 3 rings (SSSR count). The number of para-hydroxylation sites is 1. The van der Waals surface area contributed by atoms with Crippen LogP contribution in [0.15, 0.2) is 46.9 Å². The van der Waals surface area contributed by atoms with Gasteiger partial charge in [-0.3, -0.25) is 0 Å². The predicted octanol–water partition coefficient (Wildman–Crippen LogP) is 4.80. The highest BCUT2D eigenvalue weighted by Crippen LogP contribution is 2.23. The summed E-state index contributed by atoms with van der Waals surface area (Å²) in [5, 5.41) is 4.12. The lowest BCUT2D eigenvalue weighted by Crippen LogP contribution is -2.05. The highest BCUT2D eigenvalue weighted by molar-refractivity contribution is 9.10. The van der Waals surface area contributed by atoms with Gasteiger partial charge < -0.3 is 5.32 Å². The Bertz CT molecular complexity index is 810. The van der Waals surface area contributed by atoms with E-state index in [1.807, 2.05) is 24.3 Å². The summed E-state index contributed by atoms with van der Waals surface area (Å²) in [4.78, 5) is 8.33. The SMILES string of the molecule is Fc1ccc(Br)cc1CNc1nc(Cl)nc2ccccc12. The molecule has 0 amide bonds. The van der Waals surface area contributed by atoms with Gasteiger partial charge in [0.25, 0.3) is 0 Å². The molecule has 0 atom stereocenters. The van der Waals surface area contributed by atoms with Crippen molar-refractivity contribution < 1.29 is 4.39 Å². The molecule has 0 aliphatic heterocycles. The zero-order valence-corrected chi connectivity index (χ0v) is 13.1. The van der Waals surface area contributed by atoms with Crippen LogP contribution in [0.1, 0.15) is 5.56 Å². The number of anilines is 1. The van der Waals surface area contributed by atoms with Crippen molar-refractivity contribution in [3.8, 4) is 0 Å². The average molecular weight is 367 g/mol. The topological polar surface area (TPSA) is 37.8 Å². The molecule has 0 fully saturated rings. The van der Waals surface area contributed by atoms with E-state index in [1.54, 1.807) is 12.1 Å². The number of halogens is 3. The summed E-state index contributed by atoms with van der Waals surface area (Å²) < 4.78 is 14.6. The summed E-state index contributed by atoms with van der Waals surface area (Å²) in [5.74, 6) is 0.320. The van der Waals surface area contributed by atoms with Gasteiger partial charge in [0.05, 0.1) is 5.52 Å². The standard InChI is InChI=1S/C15H10BrClFN3/c16-10-5-6-12(18)9(7-10)8-19-14-11-3-1-2-4-13(11)20-15(17)21-14/h1-7H,8H2,(H,19,20,21). The first-order valence-corrected chi connectivity index (χ1v) is 7.40. The molecule has 0 aliphatic rings. The van der Waals surface area contributed by atoms with Gasteiger partial charge in [-0.2, -0.15) is 0 Å². The van der Waals surface area contributed by atoms with Crippen molar-refractivity contribution >= 4 is 44.3 Å². The summed E-state index contributed by atoms with van der Waals surface area (Å²) in [5.41, 5.74) is 1.29. The number of hydrogen-bond donors (Lipinski definition) is 1. The molecule has 0 saturated carbocycles. The van der Waals surface area contributed by atoms with Crippen LogP contribution in [-0.2, 0) is 6.54 Å². The molecular weight excluding hydrogens is 357 g/mol. The first-order chi connectivity index (χ1) is 10.1. The van der Waals surface area contributed by atoms with E-state index in [1.165, 1.54) is 6.07 Å². The molecule has 21 heavy (non-hydrogen) atoms. The van der Waals surface area contributed by atoms with Gasteiger partial charge in [-0.05, 0) is 41.9 Å². The molecule has 0 aliphatic carbocycles. The molecule has 0 unspecified atom stereocenters. The summed E-state index contributed by atoms with van der Waals surface area (Å²) in [6.45, 7) is 0.308. The second-order valence-corrected chi connectivity index (χ2v) is 5.70. The average Bonchev–Trinajstić information content (AvgIpc) is 2.47. The third kappa shape index (κ3) is 3.14. The molecule has 106 valence electrons. The number of rotatable bonds is 3. The van der Waals surface area contributed by atoms with E-state index in [4.69, 9.17) is 11.6 Å². The highest BCUT2D eigenvalue weighted by atomic mass is 79.9. The minimum absolute atomic E-state index is 0.158. The lowest BCUT2D eigenvalue weighted by atomic mass is 10.2. The Balaban J connectivity index is 1.93. The third-order valence-corrected chi connectivity index (χ3v) is 3.69. The molecule has 1 heterocycles. The number of nitrogens with zero attached hydrogens (tertiary/aromatic N) is 2. The molecule has 1 aromatic heterocycles. The van der Waals surface area contributed by atoms with Gasteiger partial charge >= 0.3 is 0 Å². The van der Waals surface area contributed by atoms with Crippen LogP contribution < -0.4 is 5.32 Å².